The molecule has 0 spiro atoms. The maximum Gasteiger partial charge on any atom is 0.123 e. The molecule has 2 aromatic rings. The fourth-order valence-corrected chi connectivity index (χ4v) is 3.55. The van der Waals surface area contributed by atoms with Gasteiger partial charge in [0.25, 0.3) is 0 Å². The minimum atomic E-state index is -0.148. The molecule has 1 aromatic heterocycles. The largest absolute Gasteiger partial charge is 0.496 e. The lowest BCUT2D eigenvalue weighted by atomic mass is 10.0. The van der Waals surface area contributed by atoms with Crippen molar-refractivity contribution in [1.29, 1.82) is 0 Å². The summed E-state index contributed by atoms with van der Waals surface area (Å²) < 4.78 is 5.41. The van der Waals surface area contributed by atoms with E-state index in [0.717, 1.165) is 11.3 Å². The van der Waals surface area contributed by atoms with Crippen LogP contribution < -0.4 is 4.74 Å². The van der Waals surface area contributed by atoms with Crippen molar-refractivity contribution in [3.8, 4) is 5.75 Å². The van der Waals surface area contributed by atoms with E-state index in [-0.39, 0.29) is 5.38 Å². The van der Waals surface area contributed by atoms with Gasteiger partial charge in [-0.2, -0.15) is 0 Å². The molecule has 0 saturated heterocycles. The Bertz CT molecular complexity index is 560. The molecule has 96 valence electrons. The maximum atomic E-state index is 6.63. The van der Waals surface area contributed by atoms with Gasteiger partial charge < -0.3 is 4.74 Å². The van der Waals surface area contributed by atoms with E-state index in [2.05, 4.69) is 32.9 Å². The number of hydrogen-bond donors (Lipinski definition) is 0. The lowest BCUT2D eigenvalue weighted by Crippen LogP contribution is -1.98. The Morgan fingerprint density at radius 2 is 1.83 bits per heavy atom. The van der Waals surface area contributed by atoms with Gasteiger partial charge in [0.15, 0.2) is 0 Å². The van der Waals surface area contributed by atoms with Gasteiger partial charge in [-0.3, -0.25) is 0 Å². The second kappa shape index (κ2) is 5.33. The first-order valence-electron chi connectivity index (χ1n) is 5.88. The van der Waals surface area contributed by atoms with Crippen LogP contribution >= 0.6 is 22.9 Å². The van der Waals surface area contributed by atoms with Crippen molar-refractivity contribution < 1.29 is 4.74 Å². The SMILES string of the molecule is COc1ccc(C)cc1C(Cl)c1cc(C)sc1C. The van der Waals surface area contributed by atoms with Crippen molar-refractivity contribution >= 4 is 22.9 Å². The van der Waals surface area contributed by atoms with Gasteiger partial charge in [0.2, 0.25) is 0 Å². The summed E-state index contributed by atoms with van der Waals surface area (Å²) in [5, 5.41) is -0.148. The predicted octanol–water partition coefficient (Wildman–Crippen LogP) is 5.01. The summed E-state index contributed by atoms with van der Waals surface area (Å²) in [6, 6.07) is 8.29. The number of halogens is 1. The van der Waals surface area contributed by atoms with Crippen LogP contribution in [0.15, 0.2) is 24.3 Å². The lowest BCUT2D eigenvalue weighted by Gasteiger charge is -2.15. The smallest absolute Gasteiger partial charge is 0.123 e. The standard InChI is InChI=1S/C15H17ClOS/c1-9-5-6-14(17-4)13(7-9)15(16)12-8-10(2)18-11(12)3/h5-8,15H,1-4H3. The molecule has 2 rings (SSSR count). The van der Waals surface area contributed by atoms with E-state index < -0.39 is 0 Å². The summed E-state index contributed by atoms with van der Waals surface area (Å²) >= 11 is 8.42. The highest BCUT2D eigenvalue weighted by molar-refractivity contribution is 7.12. The third-order valence-corrected chi connectivity index (χ3v) is 4.46. The molecule has 0 N–H and O–H groups in total. The van der Waals surface area contributed by atoms with Gasteiger partial charge in [0.1, 0.15) is 5.75 Å². The Morgan fingerprint density at radius 3 is 2.39 bits per heavy atom. The summed E-state index contributed by atoms with van der Waals surface area (Å²) in [5.41, 5.74) is 3.42. The fourth-order valence-electron chi connectivity index (χ4n) is 2.12. The third-order valence-electron chi connectivity index (χ3n) is 3.01. The number of thiophene rings is 1. The summed E-state index contributed by atoms with van der Waals surface area (Å²) in [6.07, 6.45) is 0. The highest BCUT2D eigenvalue weighted by Crippen LogP contribution is 2.39. The molecule has 0 radical (unpaired) electrons. The zero-order chi connectivity index (χ0) is 13.3. The van der Waals surface area contributed by atoms with Crippen molar-refractivity contribution in [1.82, 2.24) is 0 Å². The molecule has 0 saturated carbocycles. The zero-order valence-electron chi connectivity index (χ0n) is 11.1. The average molecular weight is 281 g/mol. The van der Waals surface area contributed by atoms with Crippen molar-refractivity contribution in [2.24, 2.45) is 0 Å². The molecule has 0 bridgehead atoms. The summed E-state index contributed by atoms with van der Waals surface area (Å²) in [7, 11) is 1.68. The molecule has 1 nitrogen and oxygen atoms in total. The highest BCUT2D eigenvalue weighted by atomic mass is 35.5. The molecule has 1 heterocycles. The molecule has 1 atom stereocenters. The number of hydrogen-bond acceptors (Lipinski definition) is 2. The molecule has 0 aliphatic rings. The first kappa shape index (κ1) is 13.4. The number of ether oxygens (including phenoxy) is 1. The van der Waals surface area contributed by atoms with Crippen molar-refractivity contribution in [2.45, 2.75) is 26.1 Å². The van der Waals surface area contributed by atoms with Crippen LogP contribution in [-0.2, 0) is 0 Å². The number of methoxy groups -OCH3 is 1. The monoisotopic (exact) mass is 280 g/mol. The maximum absolute atomic E-state index is 6.63. The van der Waals surface area contributed by atoms with Crippen LogP contribution in [0.3, 0.4) is 0 Å². The average Bonchev–Trinajstić information content (AvgIpc) is 2.67. The lowest BCUT2D eigenvalue weighted by molar-refractivity contribution is 0.410. The molecule has 0 aliphatic carbocycles. The van der Waals surface area contributed by atoms with E-state index in [0.29, 0.717) is 0 Å². The number of benzene rings is 1. The van der Waals surface area contributed by atoms with Crippen LogP contribution in [0, 0.1) is 20.8 Å². The van der Waals surface area contributed by atoms with Crippen LogP contribution in [0.5, 0.6) is 5.75 Å². The minimum absolute atomic E-state index is 0.148. The molecule has 1 aromatic carbocycles. The topological polar surface area (TPSA) is 9.23 Å². The van der Waals surface area contributed by atoms with E-state index in [1.54, 1.807) is 18.4 Å². The molecule has 0 aliphatic heterocycles. The molecule has 1 unspecified atom stereocenters. The normalized spacial score (nSPS) is 12.5. The zero-order valence-corrected chi connectivity index (χ0v) is 12.7. The number of alkyl halides is 1. The van der Waals surface area contributed by atoms with Crippen LogP contribution in [0.2, 0.25) is 0 Å². The molecule has 18 heavy (non-hydrogen) atoms. The van der Waals surface area contributed by atoms with Crippen molar-refractivity contribution in [3.63, 3.8) is 0 Å². The van der Waals surface area contributed by atoms with Crippen LogP contribution in [0.1, 0.15) is 31.8 Å². The van der Waals surface area contributed by atoms with Gasteiger partial charge in [0.05, 0.1) is 12.5 Å². The molecular formula is C15H17ClOS. The minimum Gasteiger partial charge on any atom is -0.496 e. The van der Waals surface area contributed by atoms with Crippen LogP contribution in [0.25, 0.3) is 0 Å². The van der Waals surface area contributed by atoms with Crippen LogP contribution in [0.4, 0.5) is 0 Å². The van der Waals surface area contributed by atoms with Gasteiger partial charge in [-0.25, -0.2) is 0 Å². The fraction of sp³-hybridized carbons (Fsp3) is 0.333. The Hall–Kier alpha value is -0.990. The summed E-state index contributed by atoms with van der Waals surface area (Å²) in [4.78, 5) is 2.57. The van der Waals surface area contributed by atoms with Gasteiger partial charge in [-0.05, 0) is 38.5 Å². The van der Waals surface area contributed by atoms with Gasteiger partial charge in [-0.1, -0.05) is 17.7 Å². The summed E-state index contributed by atoms with van der Waals surface area (Å²) in [5.74, 6) is 0.851. The van der Waals surface area contributed by atoms with Gasteiger partial charge in [-0.15, -0.1) is 22.9 Å². The Kier molecular flexibility index (Phi) is 3.98. The van der Waals surface area contributed by atoms with E-state index in [4.69, 9.17) is 16.3 Å². The van der Waals surface area contributed by atoms with Crippen molar-refractivity contribution in [2.75, 3.05) is 7.11 Å². The highest BCUT2D eigenvalue weighted by Gasteiger charge is 2.19. The number of rotatable bonds is 3. The van der Waals surface area contributed by atoms with Gasteiger partial charge >= 0.3 is 0 Å². The molecule has 0 fully saturated rings. The molecular weight excluding hydrogens is 264 g/mol. The van der Waals surface area contributed by atoms with E-state index in [1.165, 1.54) is 20.9 Å². The predicted molar refractivity (Wildman–Crippen MR) is 79.2 cm³/mol. The first-order chi connectivity index (χ1) is 8.52. The summed E-state index contributed by atoms with van der Waals surface area (Å²) in [6.45, 7) is 6.29. The van der Waals surface area contributed by atoms with E-state index in [9.17, 15) is 0 Å². The Balaban J connectivity index is 2.48. The van der Waals surface area contributed by atoms with Crippen LogP contribution in [-0.4, -0.2) is 7.11 Å². The third kappa shape index (κ3) is 2.55. The Labute approximate surface area is 117 Å². The second-order valence-electron chi connectivity index (χ2n) is 4.48. The first-order valence-corrected chi connectivity index (χ1v) is 7.13. The van der Waals surface area contributed by atoms with E-state index in [1.807, 2.05) is 12.1 Å². The second-order valence-corrected chi connectivity index (χ2v) is 6.37. The van der Waals surface area contributed by atoms with Crippen molar-refractivity contribution in [3.05, 3.63) is 50.7 Å². The molecule has 0 amide bonds. The molecule has 3 heteroatoms. The van der Waals surface area contributed by atoms with Gasteiger partial charge in [0, 0.05) is 15.3 Å². The Morgan fingerprint density at radius 1 is 1.11 bits per heavy atom. The number of aryl methyl sites for hydroxylation is 3. The quantitative estimate of drug-likeness (QED) is 0.718. The van der Waals surface area contributed by atoms with E-state index >= 15 is 0 Å².